The molecule has 0 saturated carbocycles. The van der Waals surface area contributed by atoms with E-state index < -0.39 is 0 Å². The van der Waals surface area contributed by atoms with E-state index >= 15 is 0 Å². The zero-order valence-corrected chi connectivity index (χ0v) is 14.7. The third-order valence-corrected chi connectivity index (χ3v) is 4.74. The minimum absolute atomic E-state index is 0. The Kier molecular flexibility index (Phi) is 6.03. The largest absolute Gasteiger partial charge is 0.329 e. The van der Waals surface area contributed by atoms with Crippen LogP contribution in [0.2, 0.25) is 5.02 Å². The van der Waals surface area contributed by atoms with E-state index in [1.807, 2.05) is 0 Å². The van der Waals surface area contributed by atoms with Crippen molar-refractivity contribution in [2.75, 3.05) is 13.1 Å². The minimum atomic E-state index is -0.100. The van der Waals surface area contributed by atoms with E-state index in [1.165, 1.54) is 17.2 Å². The number of nitrogens with zero attached hydrogens (tertiary/aromatic N) is 3. The van der Waals surface area contributed by atoms with Gasteiger partial charge < -0.3 is 5.73 Å². The average Bonchev–Trinajstić information content (AvgIpc) is 2.48. The number of pyridine rings is 1. The first kappa shape index (κ1) is 18.2. The summed E-state index contributed by atoms with van der Waals surface area (Å²) in [7, 11) is 0. The number of fused-ring (bicyclic) bond motifs is 1. The fourth-order valence-corrected chi connectivity index (χ4v) is 3.49. The van der Waals surface area contributed by atoms with Gasteiger partial charge in [0.2, 0.25) is 0 Å². The molecule has 2 aromatic rings. The van der Waals surface area contributed by atoms with E-state index in [0.29, 0.717) is 35.7 Å². The van der Waals surface area contributed by atoms with Crippen LogP contribution in [0.5, 0.6) is 0 Å². The first-order valence-corrected chi connectivity index (χ1v) is 8.08. The fourth-order valence-electron chi connectivity index (χ4n) is 3.33. The van der Waals surface area contributed by atoms with Crippen LogP contribution in [0.25, 0.3) is 5.65 Å². The molecule has 2 aromatic heterocycles. The second-order valence-electron chi connectivity index (χ2n) is 6.05. The van der Waals surface area contributed by atoms with Gasteiger partial charge >= 0.3 is 0 Å². The number of rotatable bonds is 3. The van der Waals surface area contributed by atoms with E-state index in [-0.39, 0.29) is 18.0 Å². The van der Waals surface area contributed by atoms with Gasteiger partial charge in [-0.25, -0.2) is 4.98 Å². The van der Waals surface area contributed by atoms with E-state index in [1.54, 1.807) is 24.4 Å². The van der Waals surface area contributed by atoms with Crippen LogP contribution in [0, 0.1) is 5.92 Å². The van der Waals surface area contributed by atoms with Crippen LogP contribution in [0.4, 0.5) is 0 Å². The van der Waals surface area contributed by atoms with Gasteiger partial charge in [-0.2, -0.15) is 0 Å². The summed E-state index contributed by atoms with van der Waals surface area (Å²) in [5.74, 6) is 0.583. The molecule has 5 nitrogen and oxygen atoms in total. The summed E-state index contributed by atoms with van der Waals surface area (Å²) in [6.45, 7) is 4.56. The number of hydrogen-bond donors (Lipinski definition) is 1. The molecular weight excluding hydrogens is 335 g/mol. The van der Waals surface area contributed by atoms with Crippen molar-refractivity contribution in [2.45, 2.75) is 32.4 Å². The molecule has 2 N–H and O–H groups in total. The van der Waals surface area contributed by atoms with Crippen molar-refractivity contribution >= 4 is 29.7 Å². The molecule has 1 aliphatic rings. The minimum Gasteiger partial charge on any atom is -0.329 e. The summed E-state index contributed by atoms with van der Waals surface area (Å²) in [6.07, 6.45) is 3.98. The lowest BCUT2D eigenvalue weighted by Gasteiger charge is -2.39. The van der Waals surface area contributed by atoms with Gasteiger partial charge in [0.1, 0.15) is 5.65 Å². The van der Waals surface area contributed by atoms with Gasteiger partial charge in [0.15, 0.2) is 0 Å². The van der Waals surface area contributed by atoms with Gasteiger partial charge in [-0.15, -0.1) is 12.4 Å². The maximum atomic E-state index is 12.2. The Morgan fingerprint density at radius 3 is 2.96 bits per heavy atom. The molecule has 2 atom stereocenters. The van der Waals surface area contributed by atoms with Gasteiger partial charge in [-0.1, -0.05) is 18.5 Å². The maximum Gasteiger partial charge on any atom is 0.258 e. The summed E-state index contributed by atoms with van der Waals surface area (Å²) in [6, 6.07) is 5.47. The number of likely N-dealkylation sites (tertiary alicyclic amines) is 1. The highest BCUT2D eigenvalue weighted by atomic mass is 35.5. The van der Waals surface area contributed by atoms with Crippen molar-refractivity contribution in [3.05, 3.63) is 45.5 Å². The Hall–Kier alpha value is -1.14. The van der Waals surface area contributed by atoms with Crippen LogP contribution >= 0.6 is 24.0 Å². The molecule has 0 bridgehead atoms. The smallest absolute Gasteiger partial charge is 0.258 e. The summed E-state index contributed by atoms with van der Waals surface area (Å²) in [5.41, 5.74) is 7.25. The molecule has 3 rings (SSSR count). The van der Waals surface area contributed by atoms with Crippen LogP contribution in [0.15, 0.2) is 29.2 Å². The number of aromatic nitrogens is 2. The van der Waals surface area contributed by atoms with Gasteiger partial charge in [0.25, 0.3) is 5.56 Å². The van der Waals surface area contributed by atoms with E-state index in [2.05, 4.69) is 16.8 Å². The highest BCUT2D eigenvalue weighted by molar-refractivity contribution is 6.30. The molecular formula is C16H22Cl2N4O. The standard InChI is InChI=1S/C16H21ClN4O.ClH/c1-11-3-2-6-20(14(11)8-18)10-13-7-16(22)21-9-12(17)4-5-15(21)19-13;/h4-5,7,9,11,14H,2-3,6,8,10,18H2,1H3;1H. The van der Waals surface area contributed by atoms with Gasteiger partial charge in [0.05, 0.1) is 10.7 Å². The molecule has 0 spiro atoms. The Morgan fingerprint density at radius 2 is 2.22 bits per heavy atom. The highest BCUT2D eigenvalue weighted by Gasteiger charge is 2.27. The monoisotopic (exact) mass is 356 g/mol. The number of hydrogen-bond acceptors (Lipinski definition) is 4. The van der Waals surface area contributed by atoms with Crippen molar-refractivity contribution in [3.63, 3.8) is 0 Å². The summed E-state index contributed by atoms with van der Waals surface area (Å²) >= 11 is 5.93. The van der Waals surface area contributed by atoms with Crippen LogP contribution in [0.1, 0.15) is 25.5 Å². The van der Waals surface area contributed by atoms with Gasteiger partial charge in [-0.3, -0.25) is 14.1 Å². The summed E-state index contributed by atoms with van der Waals surface area (Å²) < 4.78 is 1.48. The van der Waals surface area contributed by atoms with Crippen molar-refractivity contribution < 1.29 is 0 Å². The van der Waals surface area contributed by atoms with Gasteiger partial charge in [0, 0.05) is 31.4 Å². The number of halogens is 2. The Morgan fingerprint density at radius 1 is 1.43 bits per heavy atom. The second-order valence-corrected chi connectivity index (χ2v) is 6.49. The van der Waals surface area contributed by atoms with Gasteiger partial charge in [-0.05, 0) is 37.4 Å². The lowest BCUT2D eigenvalue weighted by atomic mass is 9.90. The molecule has 23 heavy (non-hydrogen) atoms. The topological polar surface area (TPSA) is 63.6 Å². The van der Waals surface area contributed by atoms with Crippen LogP contribution in [0.3, 0.4) is 0 Å². The molecule has 0 aromatic carbocycles. The van der Waals surface area contributed by atoms with E-state index in [9.17, 15) is 4.79 Å². The Labute approximate surface area is 146 Å². The fraction of sp³-hybridized carbons (Fsp3) is 0.500. The van der Waals surface area contributed by atoms with E-state index in [0.717, 1.165) is 12.2 Å². The highest BCUT2D eigenvalue weighted by Crippen LogP contribution is 2.23. The molecule has 1 fully saturated rings. The molecule has 126 valence electrons. The lowest BCUT2D eigenvalue weighted by Crippen LogP contribution is -2.48. The van der Waals surface area contributed by atoms with Crippen molar-refractivity contribution in [1.29, 1.82) is 0 Å². The van der Waals surface area contributed by atoms with Crippen LogP contribution in [-0.2, 0) is 6.54 Å². The molecule has 1 aliphatic heterocycles. The van der Waals surface area contributed by atoms with Crippen molar-refractivity contribution in [1.82, 2.24) is 14.3 Å². The summed E-state index contributed by atoms with van der Waals surface area (Å²) in [5, 5.41) is 0.525. The van der Waals surface area contributed by atoms with Crippen molar-refractivity contribution in [2.24, 2.45) is 11.7 Å². The molecule has 0 amide bonds. The molecule has 2 unspecified atom stereocenters. The molecule has 0 radical (unpaired) electrons. The number of nitrogens with two attached hydrogens (primary N) is 1. The average molecular weight is 357 g/mol. The van der Waals surface area contributed by atoms with Crippen molar-refractivity contribution in [3.8, 4) is 0 Å². The first-order valence-electron chi connectivity index (χ1n) is 7.70. The Balaban J connectivity index is 0.00000192. The Bertz CT molecular complexity index is 734. The quantitative estimate of drug-likeness (QED) is 0.916. The molecule has 1 saturated heterocycles. The van der Waals surface area contributed by atoms with Crippen LogP contribution < -0.4 is 11.3 Å². The molecule has 3 heterocycles. The third-order valence-electron chi connectivity index (χ3n) is 4.51. The zero-order valence-electron chi connectivity index (χ0n) is 13.1. The summed E-state index contributed by atoms with van der Waals surface area (Å²) in [4.78, 5) is 19.2. The lowest BCUT2D eigenvalue weighted by molar-refractivity contribution is 0.0978. The first-order chi connectivity index (χ1) is 10.6. The molecule has 0 aliphatic carbocycles. The SMILES string of the molecule is CC1CCCN(Cc2cc(=O)n3cc(Cl)ccc3n2)C1CN.Cl. The zero-order chi connectivity index (χ0) is 15.7. The predicted molar refractivity (Wildman–Crippen MR) is 95.4 cm³/mol. The van der Waals surface area contributed by atoms with E-state index in [4.69, 9.17) is 17.3 Å². The molecule has 7 heteroatoms. The maximum absolute atomic E-state index is 12.2. The number of piperidine rings is 1. The van der Waals surface area contributed by atoms with Crippen LogP contribution in [-0.4, -0.2) is 33.4 Å². The predicted octanol–water partition coefficient (Wildman–Crippen LogP) is 2.33. The third kappa shape index (κ3) is 3.86. The second kappa shape index (κ2) is 7.62. The normalized spacial score (nSPS) is 22.0.